The fraction of sp³-hybridized carbons (Fsp3) is 0.129. The van der Waals surface area contributed by atoms with Gasteiger partial charge in [0.2, 0.25) is 0 Å². The van der Waals surface area contributed by atoms with Gasteiger partial charge in [0.1, 0.15) is 17.3 Å². The van der Waals surface area contributed by atoms with Crippen molar-refractivity contribution in [2.24, 2.45) is 7.05 Å². The SMILES string of the molecule is CC(C)c1nc(NC(=O)Nc2ccc(Oc3ccnc(-c4cnn(C)c4)c3)cc2F)c(-c2ccc3ncccc3c2)s1. The molecule has 0 bridgehead atoms. The van der Waals surface area contributed by atoms with Gasteiger partial charge in [-0.05, 0) is 42.0 Å². The second-order valence-electron chi connectivity index (χ2n) is 9.90. The summed E-state index contributed by atoms with van der Waals surface area (Å²) in [5, 5.41) is 11.4. The highest BCUT2D eigenvalue weighted by atomic mass is 32.1. The molecule has 0 aliphatic carbocycles. The van der Waals surface area contributed by atoms with E-state index in [1.54, 1.807) is 41.5 Å². The Balaban J connectivity index is 1.18. The first-order chi connectivity index (χ1) is 20.3. The van der Waals surface area contributed by atoms with E-state index in [-0.39, 0.29) is 17.4 Å². The molecule has 0 atom stereocenters. The predicted octanol–water partition coefficient (Wildman–Crippen LogP) is 7.85. The third-order valence-electron chi connectivity index (χ3n) is 6.39. The van der Waals surface area contributed by atoms with E-state index in [0.29, 0.717) is 17.3 Å². The average Bonchev–Trinajstić information content (AvgIpc) is 3.61. The van der Waals surface area contributed by atoms with Crippen molar-refractivity contribution in [3.63, 3.8) is 0 Å². The van der Waals surface area contributed by atoms with Crippen LogP contribution < -0.4 is 15.4 Å². The van der Waals surface area contributed by atoms with Crippen molar-refractivity contribution in [1.82, 2.24) is 24.7 Å². The molecule has 0 fully saturated rings. The van der Waals surface area contributed by atoms with Gasteiger partial charge in [0.05, 0.1) is 33.0 Å². The van der Waals surface area contributed by atoms with Crippen LogP contribution in [0.15, 0.2) is 85.5 Å². The number of aryl methyl sites for hydroxylation is 1. The lowest BCUT2D eigenvalue weighted by atomic mass is 10.1. The molecule has 4 aromatic heterocycles. The molecule has 2 N–H and O–H groups in total. The van der Waals surface area contributed by atoms with Crippen molar-refractivity contribution in [2.75, 3.05) is 10.6 Å². The molecule has 0 spiro atoms. The summed E-state index contributed by atoms with van der Waals surface area (Å²) in [4.78, 5) is 27.2. The van der Waals surface area contributed by atoms with Crippen LogP contribution in [-0.2, 0) is 7.05 Å². The van der Waals surface area contributed by atoms with Crippen LogP contribution in [0.4, 0.5) is 20.7 Å². The zero-order valence-corrected chi connectivity index (χ0v) is 23.8. The maximum Gasteiger partial charge on any atom is 0.324 e. The molecule has 0 unspecified atom stereocenters. The molecule has 9 nitrogen and oxygen atoms in total. The quantitative estimate of drug-likeness (QED) is 0.199. The maximum atomic E-state index is 15.0. The van der Waals surface area contributed by atoms with Gasteiger partial charge in [-0.2, -0.15) is 5.10 Å². The molecule has 4 heterocycles. The summed E-state index contributed by atoms with van der Waals surface area (Å²) < 4.78 is 22.6. The van der Waals surface area contributed by atoms with Gasteiger partial charge in [-0.15, -0.1) is 11.3 Å². The summed E-state index contributed by atoms with van der Waals surface area (Å²) in [5.74, 6) is 0.693. The van der Waals surface area contributed by atoms with Crippen LogP contribution >= 0.6 is 11.3 Å². The summed E-state index contributed by atoms with van der Waals surface area (Å²) in [6.45, 7) is 4.09. The van der Waals surface area contributed by atoms with Crippen LogP contribution in [0.2, 0.25) is 0 Å². The number of hydrogen-bond donors (Lipinski definition) is 2. The number of benzene rings is 2. The van der Waals surface area contributed by atoms with Gasteiger partial charge in [0.15, 0.2) is 5.82 Å². The minimum Gasteiger partial charge on any atom is -0.457 e. The van der Waals surface area contributed by atoms with Crippen molar-refractivity contribution in [1.29, 1.82) is 0 Å². The Hall–Kier alpha value is -5.16. The Morgan fingerprint density at radius 2 is 1.83 bits per heavy atom. The summed E-state index contributed by atoms with van der Waals surface area (Å²) >= 11 is 1.51. The molecule has 0 saturated carbocycles. The van der Waals surface area contributed by atoms with Crippen molar-refractivity contribution in [3.8, 4) is 33.2 Å². The van der Waals surface area contributed by atoms with Gasteiger partial charge in [0, 0.05) is 54.6 Å². The van der Waals surface area contributed by atoms with E-state index < -0.39 is 11.8 Å². The number of ether oxygens (including phenoxy) is 1. The number of pyridine rings is 2. The van der Waals surface area contributed by atoms with E-state index in [0.717, 1.165) is 31.9 Å². The Morgan fingerprint density at radius 3 is 2.62 bits per heavy atom. The molecule has 0 aliphatic heterocycles. The molecule has 0 aliphatic rings. The Morgan fingerprint density at radius 1 is 0.976 bits per heavy atom. The Bertz CT molecular complexity index is 1920. The lowest BCUT2D eigenvalue weighted by Gasteiger charge is -2.11. The smallest absolute Gasteiger partial charge is 0.324 e. The summed E-state index contributed by atoms with van der Waals surface area (Å²) in [5.41, 5.74) is 3.30. The number of hydrogen-bond acceptors (Lipinski definition) is 7. The van der Waals surface area contributed by atoms with Crippen molar-refractivity contribution in [2.45, 2.75) is 19.8 Å². The van der Waals surface area contributed by atoms with Crippen LogP contribution in [0.1, 0.15) is 24.8 Å². The minimum absolute atomic E-state index is 0.00303. The predicted molar refractivity (Wildman–Crippen MR) is 162 cm³/mol. The number of aromatic nitrogens is 5. The molecule has 6 rings (SSSR count). The number of amides is 2. The molecule has 6 aromatic rings. The summed E-state index contributed by atoms with van der Waals surface area (Å²) in [6, 6.07) is 16.8. The van der Waals surface area contributed by atoms with Gasteiger partial charge in [-0.25, -0.2) is 14.2 Å². The highest BCUT2D eigenvalue weighted by Gasteiger charge is 2.19. The number of rotatable bonds is 7. The highest BCUT2D eigenvalue weighted by molar-refractivity contribution is 7.15. The van der Waals surface area contributed by atoms with Crippen molar-refractivity contribution < 1.29 is 13.9 Å². The van der Waals surface area contributed by atoms with E-state index >= 15 is 4.39 Å². The van der Waals surface area contributed by atoms with Gasteiger partial charge >= 0.3 is 6.03 Å². The highest BCUT2D eigenvalue weighted by Crippen LogP contribution is 2.38. The molecule has 0 radical (unpaired) electrons. The zero-order chi connectivity index (χ0) is 29.2. The molecular formula is C31H26FN7O2S. The second kappa shape index (κ2) is 11.4. The number of carbonyl (C=O) groups is 1. The molecule has 0 saturated heterocycles. The molecular weight excluding hydrogens is 553 g/mol. The monoisotopic (exact) mass is 579 g/mol. The number of thiazole rings is 1. The average molecular weight is 580 g/mol. The molecule has 2 amide bonds. The Kier molecular flexibility index (Phi) is 7.32. The molecule has 2 aromatic carbocycles. The summed E-state index contributed by atoms with van der Waals surface area (Å²) in [6.07, 6.45) is 6.91. The van der Waals surface area contributed by atoms with E-state index in [2.05, 4.69) is 30.7 Å². The lowest BCUT2D eigenvalue weighted by Crippen LogP contribution is -2.20. The van der Waals surface area contributed by atoms with E-state index in [4.69, 9.17) is 4.74 Å². The van der Waals surface area contributed by atoms with Gasteiger partial charge in [-0.3, -0.25) is 20.0 Å². The van der Waals surface area contributed by atoms with Crippen LogP contribution in [0.5, 0.6) is 11.5 Å². The number of nitrogens with zero attached hydrogens (tertiary/aromatic N) is 5. The van der Waals surface area contributed by atoms with Crippen molar-refractivity contribution >= 4 is 39.8 Å². The number of anilines is 2. The topological polar surface area (TPSA) is 107 Å². The largest absolute Gasteiger partial charge is 0.457 e. The fourth-order valence-electron chi connectivity index (χ4n) is 4.32. The first-order valence-electron chi connectivity index (χ1n) is 13.2. The first kappa shape index (κ1) is 27.0. The van der Waals surface area contributed by atoms with Crippen LogP contribution in [-0.4, -0.2) is 30.8 Å². The van der Waals surface area contributed by atoms with Crippen LogP contribution in [0, 0.1) is 5.82 Å². The number of carbonyl (C=O) groups excluding carboxylic acids is 1. The molecule has 210 valence electrons. The van der Waals surface area contributed by atoms with Gasteiger partial charge in [-0.1, -0.05) is 26.0 Å². The normalized spacial score (nSPS) is 11.2. The van der Waals surface area contributed by atoms with Crippen LogP contribution in [0.3, 0.4) is 0 Å². The number of halogens is 1. The molecule has 11 heteroatoms. The van der Waals surface area contributed by atoms with Crippen LogP contribution in [0.25, 0.3) is 32.6 Å². The van der Waals surface area contributed by atoms with Gasteiger partial charge in [0.25, 0.3) is 0 Å². The molecule has 42 heavy (non-hydrogen) atoms. The number of nitrogens with one attached hydrogen (secondary N) is 2. The zero-order valence-electron chi connectivity index (χ0n) is 23.0. The fourth-order valence-corrected chi connectivity index (χ4v) is 5.34. The third kappa shape index (κ3) is 5.81. The number of urea groups is 1. The maximum absolute atomic E-state index is 15.0. The second-order valence-corrected chi connectivity index (χ2v) is 10.9. The standard InChI is InChI=1S/C31H26FN7O2S/c1-18(2)30-37-29(28(42-30)20-6-8-25-19(13-20)5-4-11-33-25)38-31(40)36-26-9-7-22(14-24(26)32)41-23-10-12-34-27(15-23)21-16-35-39(3)17-21/h4-18H,1-3H3,(H2,36,38,40). The Labute approximate surface area is 245 Å². The lowest BCUT2D eigenvalue weighted by molar-refractivity contribution is 0.262. The van der Waals surface area contributed by atoms with E-state index in [9.17, 15) is 4.79 Å². The summed E-state index contributed by atoms with van der Waals surface area (Å²) in [7, 11) is 1.82. The van der Waals surface area contributed by atoms with Crippen molar-refractivity contribution in [3.05, 3.63) is 96.3 Å². The van der Waals surface area contributed by atoms with Gasteiger partial charge < -0.3 is 10.1 Å². The first-order valence-corrected chi connectivity index (χ1v) is 14.0. The van der Waals surface area contributed by atoms with E-state index in [1.165, 1.54) is 23.5 Å². The van der Waals surface area contributed by atoms with E-state index in [1.807, 2.05) is 57.4 Å². The minimum atomic E-state index is -0.646. The number of fused-ring (bicyclic) bond motifs is 1. The third-order valence-corrected chi connectivity index (χ3v) is 7.80.